The van der Waals surface area contributed by atoms with Crippen LogP contribution in [0.15, 0.2) is 35.6 Å². The van der Waals surface area contributed by atoms with Crippen molar-refractivity contribution in [3.63, 3.8) is 0 Å². The van der Waals surface area contributed by atoms with Gasteiger partial charge in [-0.15, -0.1) is 11.6 Å². The Morgan fingerprint density at radius 1 is 1.38 bits per heavy atom. The minimum atomic E-state index is -0.974. The van der Waals surface area contributed by atoms with E-state index in [2.05, 4.69) is 4.98 Å². The molecule has 2 rings (SSSR count). The largest absolute Gasteiger partial charge is 0.610 e. The fourth-order valence-electron chi connectivity index (χ4n) is 1.54. The van der Waals surface area contributed by atoms with Gasteiger partial charge in [-0.05, 0) is 18.9 Å². The van der Waals surface area contributed by atoms with Crippen molar-refractivity contribution in [2.75, 3.05) is 11.6 Å². The first-order valence-electron chi connectivity index (χ1n) is 5.19. The summed E-state index contributed by atoms with van der Waals surface area (Å²) in [6, 6.07) is 5.67. The van der Waals surface area contributed by atoms with Gasteiger partial charge in [0.1, 0.15) is 11.4 Å². The SMILES string of the molecule is [O-][S+](CCCCCl)c1cccc2nccn12. The number of hydrogen-bond donors (Lipinski definition) is 0. The fraction of sp³-hybridized carbons (Fsp3) is 0.364. The van der Waals surface area contributed by atoms with Gasteiger partial charge in [0, 0.05) is 35.5 Å². The van der Waals surface area contributed by atoms with Gasteiger partial charge < -0.3 is 4.55 Å². The Morgan fingerprint density at radius 3 is 3.06 bits per heavy atom. The van der Waals surface area contributed by atoms with Crippen LogP contribution in [0.4, 0.5) is 0 Å². The minimum absolute atomic E-state index is 0.631. The van der Waals surface area contributed by atoms with Crippen LogP contribution in [0, 0.1) is 0 Å². The van der Waals surface area contributed by atoms with Gasteiger partial charge in [0.2, 0.25) is 5.03 Å². The van der Waals surface area contributed by atoms with E-state index in [9.17, 15) is 4.55 Å². The first kappa shape index (κ1) is 11.8. The zero-order valence-electron chi connectivity index (χ0n) is 8.80. The van der Waals surface area contributed by atoms with Crippen molar-refractivity contribution >= 4 is 28.4 Å². The van der Waals surface area contributed by atoms with Crippen LogP contribution in [0.5, 0.6) is 0 Å². The number of pyridine rings is 1. The normalized spacial score (nSPS) is 13.1. The predicted octanol–water partition coefficient (Wildman–Crippen LogP) is 2.46. The lowest BCUT2D eigenvalue weighted by molar-refractivity contribution is 0.586. The molecule has 1 unspecified atom stereocenters. The molecular weight excluding hydrogens is 244 g/mol. The lowest BCUT2D eigenvalue weighted by Crippen LogP contribution is -2.11. The average molecular weight is 257 g/mol. The summed E-state index contributed by atoms with van der Waals surface area (Å²) in [5.74, 6) is 1.29. The van der Waals surface area contributed by atoms with Gasteiger partial charge >= 0.3 is 0 Å². The van der Waals surface area contributed by atoms with Crippen LogP contribution in [0.1, 0.15) is 12.8 Å². The zero-order valence-corrected chi connectivity index (χ0v) is 10.4. The third kappa shape index (κ3) is 2.51. The van der Waals surface area contributed by atoms with Crippen molar-refractivity contribution in [1.29, 1.82) is 0 Å². The molecule has 2 aromatic heterocycles. The fourth-order valence-corrected chi connectivity index (χ4v) is 3.01. The molecule has 2 aromatic rings. The van der Waals surface area contributed by atoms with Gasteiger partial charge in [-0.2, -0.15) is 0 Å². The van der Waals surface area contributed by atoms with Gasteiger partial charge in [0.25, 0.3) is 0 Å². The van der Waals surface area contributed by atoms with Crippen LogP contribution in [-0.4, -0.2) is 25.6 Å². The molecule has 0 spiro atoms. The molecule has 1 atom stereocenters. The highest BCUT2D eigenvalue weighted by Gasteiger charge is 2.14. The van der Waals surface area contributed by atoms with E-state index >= 15 is 0 Å². The highest BCUT2D eigenvalue weighted by molar-refractivity contribution is 7.91. The summed E-state index contributed by atoms with van der Waals surface area (Å²) < 4.78 is 13.9. The van der Waals surface area contributed by atoms with Crippen molar-refractivity contribution in [3.05, 3.63) is 30.6 Å². The molecule has 0 aliphatic rings. The second-order valence-electron chi connectivity index (χ2n) is 3.47. The highest BCUT2D eigenvalue weighted by Crippen LogP contribution is 2.14. The van der Waals surface area contributed by atoms with E-state index in [1.54, 1.807) is 6.20 Å². The van der Waals surface area contributed by atoms with Crippen LogP contribution in [0.2, 0.25) is 0 Å². The van der Waals surface area contributed by atoms with Crippen LogP contribution >= 0.6 is 11.6 Å². The first-order valence-corrected chi connectivity index (χ1v) is 7.04. The third-order valence-corrected chi connectivity index (χ3v) is 4.06. The molecule has 2 heterocycles. The Labute approximate surface area is 103 Å². The monoisotopic (exact) mass is 256 g/mol. The molecule has 16 heavy (non-hydrogen) atoms. The predicted molar refractivity (Wildman–Crippen MR) is 66.4 cm³/mol. The number of rotatable bonds is 5. The molecule has 0 fully saturated rings. The Balaban J connectivity index is 2.15. The second kappa shape index (κ2) is 5.57. The van der Waals surface area contributed by atoms with Gasteiger partial charge in [-0.3, -0.25) is 4.40 Å². The Bertz CT molecular complexity index is 460. The number of imidazole rings is 1. The molecule has 0 aromatic carbocycles. The molecule has 0 saturated carbocycles. The Kier molecular flexibility index (Phi) is 4.09. The number of halogens is 1. The van der Waals surface area contributed by atoms with Crippen LogP contribution < -0.4 is 0 Å². The molecule has 0 amide bonds. The minimum Gasteiger partial charge on any atom is -0.610 e. The maximum Gasteiger partial charge on any atom is 0.230 e. The molecule has 0 aliphatic heterocycles. The van der Waals surface area contributed by atoms with Crippen molar-refractivity contribution in [2.24, 2.45) is 0 Å². The molecule has 0 saturated heterocycles. The van der Waals surface area contributed by atoms with E-state index in [1.807, 2.05) is 28.8 Å². The number of nitrogens with zero attached hydrogens (tertiary/aromatic N) is 2. The highest BCUT2D eigenvalue weighted by atomic mass is 35.5. The Hall–Kier alpha value is -0.710. The number of hydrogen-bond acceptors (Lipinski definition) is 2. The number of aromatic nitrogens is 2. The summed E-state index contributed by atoms with van der Waals surface area (Å²) in [5.41, 5.74) is 0.836. The third-order valence-electron chi connectivity index (χ3n) is 2.34. The van der Waals surface area contributed by atoms with Crippen molar-refractivity contribution in [2.45, 2.75) is 17.9 Å². The summed E-state index contributed by atoms with van der Waals surface area (Å²) in [7, 11) is 0. The molecule has 0 aliphatic carbocycles. The van der Waals surface area contributed by atoms with Crippen LogP contribution in [-0.2, 0) is 11.2 Å². The summed E-state index contributed by atoms with van der Waals surface area (Å²) in [4.78, 5) is 4.17. The van der Waals surface area contributed by atoms with Crippen molar-refractivity contribution in [1.82, 2.24) is 9.38 Å². The van der Waals surface area contributed by atoms with E-state index in [0.29, 0.717) is 11.6 Å². The van der Waals surface area contributed by atoms with E-state index in [4.69, 9.17) is 11.6 Å². The molecule has 86 valence electrons. The topological polar surface area (TPSA) is 40.4 Å². The maximum absolute atomic E-state index is 12.1. The molecule has 3 nitrogen and oxygen atoms in total. The number of fused-ring (bicyclic) bond motifs is 1. The number of unbranched alkanes of at least 4 members (excludes halogenated alkanes) is 1. The zero-order chi connectivity index (χ0) is 11.4. The summed E-state index contributed by atoms with van der Waals surface area (Å²) in [5, 5.41) is 0.810. The summed E-state index contributed by atoms with van der Waals surface area (Å²) in [6.07, 6.45) is 5.35. The second-order valence-corrected chi connectivity index (χ2v) is 5.36. The molecule has 0 bridgehead atoms. The van der Waals surface area contributed by atoms with Crippen molar-refractivity contribution in [3.8, 4) is 0 Å². The van der Waals surface area contributed by atoms with Gasteiger partial charge in [-0.1, -0.05) is 6.07 Å². The lowest BCUT2D eigenvalue weighted by Gasteiger charge is -2.11. The molecular formula is C11H13ClN2OS. The molecule has 0 radical (unpaired) electrons. The van der Waals surface area contributed by atoms with E-state index in [1.165, 1.54) is 0 Å². The maximum atomic E-state index is 12.1. The smallest absolute Gasteiger partial charge is 0.230 e. The summed E-state index contributed by atoms with van der Waals surface area (Å²) >= 11 is 4.62. The van der Waals surface area contributed by atoms with Gasteiger partial charge in [0.05, 0.1) is 0 Å². The van der Waals surface area contributed by atoms with E-state index < -0.39 is 11.2 Å². The average Bonchev–Trinajstić information content (AvgIpc) is 2.76. The van der Waals surface area contributed by atoms with Crippen molar-refractivity contribution < 1.29 is 4.55 Å². The van der Waals surface area contributed by atoms with Gasteiger partial charge in [-0.25, -0.2) is 4.98 Å². The van der Waals surface area contributed by atoms with Crippen LogP contribution in [0.3, 0.4) is 0 Å². The van der Waals surface area contributed by atoms with Gasteiger partial charge in [0.15, 0.2) is 0 Å². The molecule has 5 heteroatoms. The number of alkyl halides is 1. The van der Waals surface area contributed by atoms with E-state index in [0.717, 1.165) is 23.5 Å². The first-order chi connectivity index (χ1) is 7.83. The van der Waals surface area contributed by atoms with E-state index in [-0.39, 0.29) is 0 Å². The quantitative estimate of drug-likeness (QED) is 0.468. The lowest BCUT2D eigenvalue weighted by atomic mass is 10.4. The Morgan fingerprint density at radius 2 is 2.25 bits per heavy atom. The van der Waals surface area contributed by atoms with Crippen LogP contribution in [0.25, 0.3) is 5.65 Å². The molecule has 0 N–H and O–H groups in total. The summed E-state index contributed by atoms with van der Waals surface area (Å²) in [6.45, 7) is 0. The standard InChI is InChI=1S/C11H13ClN2OS/c12-6-1-2-9-16(15)11-5-3-4-10-13-7-8-14(10)11/h3-5,7-8H,1-2,6,9H2.